The maximum absolute atomic E-state index is 13.6. The van der Waals surface area contributed by atoms with Gasteiger partial charge in [-0.3, -0.25) is 4.79 Å². The molecule has 0 aliphatic heterocycles. The molecule has 4 aromatic rings. The van der Waals surface area contributed by atoms with Crippen molar-refractivity contribution in [2.75, 3.05) is 25.7 Å². The molecule has 4 rings (SSSR count). The highest BCUT2D eigenvalue weighted by Gasteiger charge is 2.24. The minimum absolute atomic E-state index is 0.129. The maximum Gasteiger partial charge on any atom is 0.280 e. The van der Waals surface area contributed by atoms with Gasteiger partial charge in [0.25, 0.3) is 5.91 Å². The number of nitrogens with zero attached hydrogens (tertiary/aromatic N) is 4. The third kappa shape index (κ3) is 6.29. The Labute approximate surface area is 234 Å². The summed E-state index contributed by atoms with van der Waals surface area (Å²) in [5.41, 5.74) is 1.79. The fourth-order valence-electron chi connectivity index (χ4n) is 3.54. The molecule has 11 heteroatoms. The molecule has 0 saturated heterocycles. The van der Waals surface area contributed by atoms with E-state index in [0.717, 1.165) is 27.6 Å². The Hall–Kier alpha value is -3.12. The third-order valence-electron chi connectivity index (χ3n) is 5.79. The highest BCUT2D eigenvalue weighted by Crippen LogP contribution is 2.32. The van der Waals surface area contributed by atoms with E-state index < -0.39 is 15.9 Å². The molecule has 0 saturated carbocycles. The van der Waals surface area contributed by atoms with Crippen molar-refractivity contribution in [2.45, 2.75) is 24.7 Å². The number of methoxy groups -OCH3 is 1. The predicted molar refractivity (Wildman–Crippen MR) is 156 cm³/mol. The first kappa shape index (κ1) is 27.9. The Morgan fingerprint density at radius 2 is 1.82 bits per heavy atom. The monoisotopic (exact) mass is 614 g/mol. The molecular weight excluding hydrogens is 588 g/mol. The van der Waals surface area contributed by atoms with E-state index in [1.165, 1.54) is 44.9 Å². The van der Waals surface area contributed by atoms with Gasteiger partial charge in [0.1, 0.15) is 5.75 Å². The number of benzene rings is 3. The van der Waals surface area contributed by atoms with Gasteiger partial charge >= 0.3 is 0 Å². The van der Waals surface area contributed by atoms with E-state index >= 15 is 0 Å². The highest BCUT2D eigenvalue weighted by atomic mass is 79.9. The Kier molecular flexibility index (Phi) is 8.93. The molecule has 1 aromatic heterocycles. The Morgan fingerprint density at radius 3 is 2.47 bits per heavy atom. The van der Waals surface area contributed by atoms with Crippen molar-refractivity contribution >= 4 is 64.8 Å². The highest BCUT2D eigenvalue weighted by molar-refractivity contribution is 9.10. The van der Waals surface area contributed by atoms with Crippen molar-refractivity contribution in [2.24, 2.45) is 5.10 Å². The summed E-state index contributed by atoms with van der Waals surface area (Å²) in [5.74, 6) is 0.248. The molecule has 0 spiro atoms. The van der Waals surface area contributed by atoms with Crippen LogP contribution in [0.3, 0.4) is 0 Å². The first-order chi connectivity index (χ1) is 18.2. The number of carbonyl (C=O) groups excluding carboxylic acids is 1. The average molecular weight is 616 g/mol. The van der Waals surface area contributed by atoms with Crippen molar-refractivity contribution < 1.29 is 17.9 Å². The molecule has 1 amide bonds. The van der Waals surface area contributed by atoms with Crippen molar-refractivity contribution in [1.29, 1.82) is 0 Å². The number of unbranched alkanes of at least 4 members (excludes halogenated alkanes) is 1. The molecule has 0 unspecified atom stereocenters. The lowest BCUT2D eigenvalue weighted by molar-refractivity contribution is 0.0987. The van der Waals surface area contributed by atoms with E-state index in [-0.39, 0.29) is 10.5 Å². The lowest BCUT2D eigenvalue weighted by Crippen LogP contribution is -2.28. The minimum atomic E-state index is -3.65. The fraction of sp³-hybridized carbons (Fsp3) is 0.222. The van der Waals surface area contributed by atoms with Crippen LogP contribution in [0.15, 0.2) is 81.2 Å². The number of amides is 1. The van der Waals surface area contributed by atoms with Crippen LogP contribution in [0.25, 0.3) is 10.2 Å². The molecular formula is C27H27BrN4O4S2. The molecule has 0 N–H and O–H groups in total. The number of fused-ring (bicyclic) bond motifs is 1. The number of hydrogen-bond donors (Lipinski definition) is 0. The van der Waals surface area contributed by atoms with Gasteiger partial charge in [0.05, 0.1) is 28.4 Å². The molecule has 0 aliphatic carbocycles. The van der Waals surface area contributed by atoms with E-state index in [4.69, 9.17) is 4.74 Å². The van der Waals surface area contributed by atoms with E-state index in [0.29, 0.717) is 22.9 Å². The van der Waals surface area contributed by atoms with Crippen LogP contribution in [-0.2, 0) is 10.0 Å². The van der Waals surface area contributed by atoms with Crippen LogP contribution in [0, 0.1) is 0 Å². The van der Waals surface area contributed by atoms with Crippen LogP contribution < -0.4 is 9.75 Å². The molecule has 0 aliphatic rings. The number of carbonyl (C=O) groups is 1. The van der Waals surface area contributed by atoms with Gasteiger partial charge < -0.3 is 4.74 Å². The van der Waals surface area contributed by atoms with Crippen molar-refractivity contribution in [3.8, 4) is 5.75 Å². The van der Waals surface area contributed by atoms with Crippen LogP contribution in [0.4, 0.5) is 5.13 Å². The van der Waals surface area contributed by atoms with Crippen molar-refractivity contribution in [1.82, 2.24) is 9.29 Å². The molecule has 0 bridgehead atoms. The molecule has 3 aromatic carbocycles. The normalized spacial score (nSPS) is 11.9. The van der Waals surface area contributed by atoms with Crippen LogP contribution in [0.5, 0.6) is 5.75 Å². The quantitative estimate of drug-likeness (QED) is 0.157. The summed E-state index contributed by atoms with van der Waals surface area (Å²) in [6, 6.07) is 18.9. The van der Waals surface area contributed by atoms with Gasteiger partial charge in [-0.1, -0.05) is 52.7 Å². The van der Waals surface area contributed by atoms with Crippen LogP contribution in [-0.4, -0.2) is 50.5 Å². The van der Waals surface area contributed by atoms with E-state index in [1.807, 2.05) is 43.3 Å². The second-order valence-electron chi connectivity index (χ2n) is 8.45. The number of halogens is 1. The molecule has 0 atom stereocenters. The number of anilines is 1. The largest absolute Gasteiger partial charge is 0.497 e. The summed E-state index contributed by atoms with van der Waals surface area (Å²) < 4.78 is 34.2. The number of rotatable bonds is 10. The van der Waals surface area contributed by atoms with E-state index in [9.17, 15) is 13.2 Å². The predicted octanol–water partition coefficient (Wildman–Crippen LogP) is 6.17. The summed E-state index contributed by atoms with van der Waals surface area (Å²) >= 11 is 4.72. The van der Waals surface area contributed by atoms with E-state index in [1.54, 1.807) is 26.4 Å². The van der Waals surface area contributed by atoms with Gasteiger partial charge in [0.2, 0.25) is 15.2 Å². The van der Waals surface area contributed by atoms with Crippen molar-refractivity contribution in [3.05, 3.63) is 82.3 Å². The standard InChI is InChI=1S/C27H27BrN4O4S2/c1-4-5-16-31(2)38(34,35)23-13-8-20(9-14-23)26(33)32(29-18-19-6-10-21(28)11-7-19)27-30-24-15-12-22(36-3)17-25(24)37-27/h6-15,17-18H,4-5,16H2,1-3H3/b29-18+. The molecule has 0 fully saturated rings. The van der Waals surface area contributed by atoms with Crippen LogP contribution in [0.1, 0.15) is 35.7 Å². The van der Waals surface area contributed by atoms with Crippen LogP contribution in [0.2, 0.25) is 0 Å². The Morgan fingerprint density at radius 1 is 1.11 bits per heavy atom. The smallest absolute Gasteiger partial charge is 0.280 e. The molecule has 1 heterocycles. The lowest BCUT2D eigenvalue weighted by atomic mass is 10.2. The number of aromatic nitrogens is 1. The first-order valence-corrected chi connectivity index (χ1v) is 14.9. The summed E-state index contributed by atoms with van der Waals surface area (Å²) in [6.45, 7) is 2.44. The number of sulfonamides is 1. The molecule has 38 heavy (non-hydrogen) atoms. The topological polar surface area (TPSA) is 92.2 Å². The van der Waals surface area contributed by atoms with Gasteiger partial charge in [0.15, 0.2) is 0 Å². The molecule has 8 nitrogen and oxygen atoms in total. The second-order valence-corrected chi connectivity index (χ2v) is 12.4. The number of hydrogen-bond acceptors (Lipinski definition) is 7. The SMILES string of the molecule is CCCCN(C)S(=O)(=O)c1ccc(C(=O)N(/N=C/c2ccc(Br)cc2)c2nc3ccc(OC)cc3s2)cc1. The second kappa shape index (κ2) is 12.2. The van der Waals surface area contributed by atoms with Gasteiger partial charge in [-0.05, 0) is 66.6 Å². The van der Waals surface area contributed by atoms with E-state index in [2.05, 4.69) is 26.0 Å². The lowest BCUT2D eigenvalue weighted by Gasteiger charge is -2.17. The fourth-order valence-corrected chi connectivity index (χ4v) is 5.97. The third-order valence-corrected chi connectivity index (χ3v) is 9.18. The van der Waals surface area contributed by atoms with Gasteiger partial charge in [-0.15, -0.1) is 0 Å². The average Bonchev–Trinajstić information content (AvgIpc) is 3.35. The van der Waals surface area contributed by atoms with Gasteiger partial charge in [-0.2, -0.15) is 10.1 Å². The summed E-state index contributed by atoms with van der Waals surface area (Å²) in [7, 11) is -0.497. The zero-order valence-electron chi connectivity index (χ0n) is 21.2. The van der Waals surface area contributed by atoms with Gasteiger partial charge in [-0.25, -0.2) is 17.7 Å². The van der Waals surface area contributed by atoms with Gasteiger partial charge in [0, 0.05) is 23.6 Å². The summed E-state index contributed by atoms with van der Waals surface area (Å²) in [5, 5.41) is 6.08. The zero-order valence-corrected chi connectivity index (χ0v) is 24.4. The Balaban J connectivity index is 1.68. The minimum Gasteiger partial charge on any atom is -0.497 e. The summed E-state index contributed by atoms with van der Waals surface area (Å²) in [4.78, 5) is 18.4. The molecule has 0 radical (unpaired) electrons. The van der Waals surface area contributed by atoms with Crippen LogP contribution >= 0.6 is 27.3 Å². The number of ether oxygens (including phenoxy) is 1. The number of hydrazone groups is 1. The number of thiazole rings is 1. The Bertz CT molecular complexity index is 1550. The van der Waals surface area contributed by atoms with Crippen molar-refractivity contribution in [3.63, 3.8) is 0 Å². The maximum atomic E-state index is 13.6. The molecule has 198 valence electrons. The zero-order chi connectivity index (χ0) is 27.3. The first-order valence-electron chi connectivity index (χ1n) is 11.9. The summed E-state index contributed by atoms with van der Waals surface area (Å²) in [6.07, 6.45) is 3.24.